The Hall–Kier alpha value is -1.30. The molecular formula is C14H19F3N2O. The van der Waals surface area contributed by atoms with Crippen molar-refractivity contribution >= 4 is 0 Å². The monoisotopic (exact) mass is 288 g/mol. The van der Waals surface area contributed by atoms with Gasteiger partial charge in [-0.15, -0.1) is 0 Å². The largest absolute Gasteiger partial charge is 0.506 e. The first-order valence-electron chi connectivity index (χ1n) is 6.83. The molecule has 1 aliphatic carbocycles. The number of nitrogens with zero attached hydrogens (tertiary/aromatic N) is 1. The predicted molar refractivity (Wildman–Crippen MR) is 69.3 cm³/mol. The number of hydrogen-bond acceptors (Lipinski definition) is 3. The molecule has 6 heteroatoms. The Kier molecular flexibility index (Phi) is 4.52. The molecule has 1 saturated carbocycles. The quantitative estimate of drug-likeness (QED) is 0.897. The molecule has 0 spiro atoms. The molecule has 0 saturated heterocycles. The summed E-state index contributed by atoms with van der Waals surface area (Å²) in [6.07, 6.45) is -2.06. The second-order valence-electron chi connectivity index (χ2n) is 5.34. The van der Waals surface area contributed by atoms with Gasteiger partial charge in [0, 0.05) is 18.3 Å². The third-order valence-corrected chi connectivity index (χ3v) is 3.81. The van der Waals surface area contributed by atoms with Gasteiger partial charge in [-0.05, 0) is 31.9 Å². The van der Waals surface area contributed by atoms with E-state index in [0.29, 0.717) is 18.5 Å². The van der Waals surface area contributed by atoms with Gasteiger partial charge >= 0.3 is 6.18 Å². The fraction of sp³-hybridized carbons (Fsp3) is 0.643. The highest BCUT2D eigenvalue weighted by Gasteiger charge is 2.45. The zero-order valence-electron chi connectivity index (χ0n) is 11.4. The molecule has 2 rings (SSSR count). The third kappa shape index (κ3) is 3.62. The Labute approximate surface area is 116 Å². The van der Waals surface area contributed by atoms with Gasteiger partial charge in [-0.1, -0.05) is 12.8 Å². The molecule has 0 amide bonds. The summed E-state index contributed by atoms with van der Waals surface area (Å²) in [4.78, 5) is 4.15. The van der Waals surface area contributed by atoms with Gasteiger partial charge in [-0.25, -0.2) is 0 Å². The fourth-order valence-corrected chi connectivity index (χ4v) is 2.73. The first-order chi connectivity index (χ1) is 9.38. The van der Waals surface area contributed by atoms with Gasteiger partial charge in [-0.3, -0.25) is 4.98 Å². The van der Waals surface area contributed by atoms with Gasteiger partial charge in [-0.2, -0.15) is 13.2 Å². The van der Waals surface area contributed by atoms with Crippen molar-refractivity contribution in [2.24, 2.45) is 5.92 Å². The van der Waals surface area contributed by atoms with Crippen molar-refractivity contribution in [1.82, 2.24) is 10.3 Å². The Bertz CT molecular complexity index is 462. The Balaban J connectivity index is 2.03. The molecule has 1 aromatic heterocycles. The van der Waals surface area contributed by atoms with Crippen LogP contribution in [0.4, 0.5) is 13.2 Å². The highest BCUT2D eigenvalue weighted by molar-refractivity contribution is 5.27. The van der Waals surface area contributed by atoms with Gasteiger partial charge in [0.05, 0.1) is 11.6 Å². The van der Waals surface area contributed by atoms with E-state index >= 15 is 0 Å². The van der Waals surface area contributed by atoms with Crippen LogP contribution in [0, 0.1) is 12.8 Å². The zero-order chi connectivity index (χ0) is 14.8. The number of nitrogens with one attached hydrogen (secondary N) is 1. The number of halogens is 3. The molecule has 0 bridgehead atoms. The summed E-state index contributed by atoms with van der Waals surface area (Å²) >= 11 is 0. The van der Waals surface area contributed by atoms with Crippen LogP contribution in [0.15, 0.2) is 12.1 Å². The van der Waals surface area contributed by atoms with Crippen LogP contribution in [0.5, 0.6) is 5.75 Å². The lowest BCUT2D eigenvalue weighted by Crippen LogP contribution is -2.45. The van der Waals surface area contributed by atoms with Crippen molar-refractivity contribution in [2.45, 2.75) is 51.4 Å². The number of alkyl halides is 3. The summed E-state index contributed by atoms with van der Waals surface area (Å²) in [6, 6.07) is 2.59. The SMILES string of the molecule is Cc1ccc(O)c(CN[C@@H]2CCCC[C@H]2C(F)(F)F)n1. The fourth-order valence-electron chi connectivity index (χ4n) is 2.73. The van der Waals surface area contributed by atoms with E-state index in [1.807, 2.05) is 0 Å². The minimum Gasteiger partial charge on any atom is -0.506 e. The molecule has 3 nitrogen and oxygen atoms in total. The van der Waals surface area contributed by atoms with Crippen molar-refractivity contribution in [3.63, 3.8) is 0 Å². The van der Waals surface area contributed by atoms with Crippen LogP contribution < -0.4 is 5.32 Å². The van der Waals surface area contributed by atoms with Crippen LogP contribution in [-0.4, -0.2) is 22.3 Å². The lowest BCUT2D eigenvalue weighted by molar-refractivity contribution is -0.189. The highest BCUT2D eigenvalue weighted by Crippen LogP contribution is 2.37. The van der Waals surface area contributed by atoms with Crippen LogP contribution in [-0.2, 0) is 6.54 Å². The van der Waals surface area contributed by atoms with Crippen molar-refractivity contribution in [2.75, 3.05) is 0 Å². The molecule has 1 fully saturated rings. The maximum Gasteiger partial charge on any atom is 0.393 e. The average molecular weight is 288 g/mol. The maximum atomic E-state index is 13.0. The summed E-state index contributed by atoms with van der Waals surface area (Å²) < 4.78 is 38.9. The first-order valence-corrected chi connectivity index (χ1v) is 6.83. The molecule has 2 atom stereocenters. The molecular weight excluding hydrogens is 269 g/mol. The van der Waals surface area contributed by atoms with Gasteiger partial charge in [0.15, 0.2) is 0 Å². The molecule has 0 aromatic carbocycles. The van der Waals surface area contributed by atoms with E-state index in [4.69, 9.17) is 0 Å². The first kappa shape index (κ1) is 15.1. The zero-order valence-corrected chi connectivity index (χ0v) is 11.4. The van der Waals surface area contributed by atoms with E-state index in [-0.39, 0.29) is 18.7 Å². The van der Waals surface area contributed by atoms with E-state index in [9.17, 15) is 18.3 Å². The molecule has 0 radical (unpaired) electrons. The number of aromatic nitrogens is 1. The predicted octanol–water partition coefficient (Wildman–Crippen LogP) is 3.31. The topological polar surface area (TPSA) is 45.1 Å². The second kappa shape index (κ2) is 5.99. The third-order valence-electron chi connectivity index (χ3n) is 3.81. The van der Waals surface area contributed by atoms with Gasteiger partial charge in [0.1, 0.15) is 5.75 Å². The molecule has 0 unspecified atom stereocenters. The molecule has 1 aromatic rings. The molecule has 112 valence electrons. The maximum absolute atomic E-state index is 13.0. The number of aromatic hydroxyl groups is 1. The Morgan fingerprint density at radius 3 is 2.70 bits per heavy atom. The van der Waals surface area contributed by atoms with Gasteiger partial charge in [0.25, 0.3) is 0 Å². The summed E-state index contributed by atoms with van der Waals surface area (Å²) in [7, 11) is 0. The number of aryl methyl sites for hydroxylation is 1. The van der Waals surface area contributed by atoms with Gasteiger partial charge in [0.2, 0.25) is 0 Å². The molecule has 0 aliphatic heterocycles. The van der Waals surface area contributed by atoms with E-state index in [1.165, 1.54) is 6.07 Å². The van der Waals surface area contributed by atoms with E-state index in [0.717, 1.165) is 12.1 Å². The molecule has 20 heavy (non-hydrogen) atoms. The Morgan fingerprint density at radius 1 is 1.30 bits per heavy atom. The standard InChI is InChI=1S/C14H19F3N2O/c1-9-6-7-13(20)12(19-9)8-18-11-5-3-2-4-10(11)14(15,16)17/h6-7,10-11,18,20H,2-5,8H2,1H3/t10-,11-/m1/s1. The minimum absolute atomic E-state index is 0.0162. The van der Waals surface area contributed by atoms with Crippen molar-refractivity contribution < 1.29 is 18.3 Å². The average Bonchev–Trinajstić information content (AvgIpc) is 2.39. The summed E-state index contributed by atoms with van der Waals surface area (Å²) in [5.74, 6) is -1.29. The van der Waals surface area contributed by atoms with E-state index in [1.54, 1.807) is 13.0 Å². The molecule has 1 aliphatic rings. The van der Waals surface area contributed by atoms with Gasteiger partial charge < -0.3 is 10.4 Å². The second-order valence-corrected chi connectivity index (χ2v) is 5.34. The number of rotatable bonds is 3. The smallest absolute Gasteiger partial charge is 0.393 e. The number of pyridine rings is 1. The van der Waals surface area contributed by atoms with E-state index in [2.05, 4.69) is 10.3 Å². The van der Waals surface area contributed by atoms with E-state index < -0.39 is 18.1 Å². The number of hydrogen-bond donors (Lipinski definition) is 2. The minimum atomic E-state index is -4.17. The summed E-state index contributed by atoms with van der Waals surface area (Å²) in [6.45, 7) is 1.94. The Morgan fingerprint density at radius 2 is 2.00 bits per heavy atom. The molecule has 1 heterocycles. The van der Waals surface area contributed by atoms with Crippen LogP contribution in [0.3, 0.4) is 0 Å². The van der Waals surface area contributed by atoms with Crippen LogP contribution in [0.1, 0.15) is 37.1 Å². The lowest BCUT2D eigenvalue weighted by atomic mass is 9.84. The van der Waals surface area contributed by atoms with Crippen molar-refractivity contribution in [3.8, 4) is 5.75 Å². The van der Waals surface area contributed by atoms with Crippen LogP contribution >= 0.6 is 0 Å². The lowest BCUT2D eigenvalue weighted by Gasteiger charge is -2.33. The van der Waals surface area contributed by atoms with Crippen molar-refractivity contribution in [1.29, 1.82) is 0 Å². The summed E-state index contributed by atoms with van der Waals surface area (Å²) in [5, 5.41) is 12.6. The molecule has 2 N–H and O–H groups in total. The normalized spacial score (nSPS) is 23.8. The van der Waals surface area contributed by atoms with Crippen LogP contribution in [0.2, 0.25) is 0 Å². The highest BCUT2D eigenvalue weighted by atomic mass is 19.4. The van der Waals surface area contributed by atoms with Crippen molar-refractivity contribution in [3.05, 3.63) is 23.5 Å². The summed E-state index contributed by atoms with van der Waals surface area (Å²) in [5.41, 5.74) is 1.13. The van der Waals surface area contributed by atoms with Crippen LogP contribution in [0.25, 0.3) is 0 Å².